The molecule has 1 fully saturated rings. The van der Waals surface area contributed by atoms with Gasteiger partial charge in [0, 0.05) is 17.3 Å². The smallest absolute Gasteiger partial charge is 0.250 e. The second-order valence-electron chi connectivity index (χ2n) is 7.40. The Labute approximate surface area is 176 Å². The lowest BCUT2D eigenvalue weighted by Crippen LogP contribution is -2.21. The normalized spacial score (nSPS) is 13.1. The van der Waals surface area contributed by atoms with Gasteiger partial charge in [-0.2, -0.15) is 0 Å². The fraction of sp³-hybridized carbons (Fsp3) is 0.200. The number of hydrogen-bond donors (Lipinski definition) is 2. The lowest BCUT2D eigenvalue weighted by atomic mass is 10.0. The van der Waals surface area contributed by atoms with E-state index in [0.717, 1.165) is 24.0 Å². The predicted octanol–water partition coefficient (Wildman–Crippen LogP) is 4.78. The Bertz CT molecular complexity index is 962. The number of carbonyl (C=O) groups excluding carboxylic acids is 2. The fourth-order valence-electron chi connectivity index (χ4n) is 3.26. The molecule has 1 aliphatic rings. The van der Waals surface area contributed by atoms with Crippen molar-refractivity contribution < 1.29 is 14.3 Å². The summed E-state index contributed by atoms with van der Waals surface area (Å²) in [5, 5.41) is 5.73. The highest BCUT2D eigenvalue weighted by molar-refractivity contribution is 5.96. The van der Waals surface area contributed by atoms with E-state index in [-0.39, 0.29) is 30.4 Å². The van der Waals surface area contributed by atoms with Crippen LogP contribution in [-0.4, -0.2) is 18.4 Å². The van der Waals surface area contributed by atoms with Gasteiger partial charge >= 0.3 is 0 Å². The number of carbonyl (C=O) groups is 2. The molecule has 5 nitrogen and oxygen atoms in total. The standard InChI is InChI=1S/C25H24N2O3/c28-23(26-21-12-7-13-22(16-21)27-25(29)20-14-15-20)17-30-24(18-8-3-1-4-9-18)19-10-5-2-6-11-19/h1-13,16,20,24H,14-15,17H2,(H,26,28)(H,27,29). The second kappa shape index (κ2) is 9.37. The third-order valence-electron chi connectivity index (χ3n) is 4.95. The number of hydrogen-bond acceptors (Lipinski definition) is 3. The van der Waals surface area contributed by atoms with Crippen molar-refractivity contribution in [2.45, 2.75) is 18.9 Å². The molecular weight excluding hydrogens is 376 g/mol. The van der Waals surface area contributed by atoms with Gasteiger partial charge in [0.15, 0.2) is 0 Å². The van der Waals surface area contributed by atoms with Crippen LogP contribution in [0.25, 0.3) is 0 Å². The molecule has 2 N–H and O–H groups in total. The lowest BCUT2D eigenvalue weighted by molar-refractivity contribution is -0.122. The largest absolute Gasteiger partial charge is 0.359 e. The average molecular weight is 400 g/mol. The zero-order valence-electron chi connectivity index (χ0n) is 16.6. The molecule has 0 aromatic heterocycles. The first-order valence-electron chi connectivity index (χ1n) is 10.1. The van der Waals surface area contributed by atoms with Gasteiger partial charge in [-0.1, -0.05) is 66.7 Å². The molecule has 0 bridgehead atoms. The van der Waals surface area contributed by atoms with Crippen molar-refractivity contribution in [1.82, 2.24) is 0 Å². The Balaban J connectivity index is 1.38. The maximum Gasteiger partial charge on any atom is 0.250 e. The van der Waals surface area contributed by atoms with Gasteiger partial charge in [-0.3, -0.25) is 9.59 Å². The van der Waals surface area contributed by atoms with Crippen LogP contribution < -0.4 is 10.6 Å². The maximum atomic E-state index is 12.5. The summed E-state index contributed by atoms with van der Waals surface area (Å²) in [4.78, 5) is 24.4. The van der Waals surface area contributed by atoms with Crippen molar-refractivity contribution in [3.05, 3.63) is 96.1 Å². The monoisotopic (exact) mass is 400 g/mol. The van der Waals surface area contributed by atoms with Crippen LogP contribution in [0.5, 0.6) is 0 Å². The topological polar surface area (TPSA) is 67.4 Å². The molecule has 3 aromatic carbocycles. The maximum absolute atomic E-state index is 12.5. The molecule has 0 atom stereocenters. The second-order valence-corrected chi connectivity index (χ2v) is 7.40. The highest BCUT2D eigenvalue weighted by Crippen LogP contribution is 2.30. The Morgan fingerprint density at radius 3 is 1.93 bits per heavy atom. The Kier molecular flexibility index (Phi) is 6.20. The summed E-state index contributed by atoms with van der Waals surface area (Å²) >= 11 is 0. The van der Waals surface area contributed by atoms with Crippen LogP contribution in [0.15, 0.2) is 84.9 Å². The Morgan fingerprint density at radius 2 is 1.37 bits per heavy atom. The van der Waals surface area contributed by atoms with Gasteiger partial charge in [-0.05, 0) is 42.2 Å². The zero-order chi connectivity index (χ0) is 20.8. The summed E-state index contributed by atoms with van der Waals surface area (Å²) in [6, 6.07) is 26.8. The van der Waals surface area contributed by atoms with E-state index in [9.17, 15) is 9.59 Å². The Hall–Kier alpha value is -3.44. The highest BCUT2D eigenvalue weighted by Gasteiger charge is 2.29. The minimum absolute atomic E-state index is 0.0374. The van der Waals surface area contributed by atoms with Gasteiger partial charge in [-0.15, -0.1) is 0 Å². The van der Waals surface area contributed by atoms with Crippen LogP contribution in [-0.2, 0) is 14.3 Å². The molecule has 3 aromatic rings. The average Bonchev–Trinajstić information content (AvgIpc) is 3.61. The molecule has 1 aliphatic carbocycles. The van der Waals surface area contributed by atoms with Crippen LogP contribution in [0.4, 0.5) is 11.4 Å². The van der Waals surface area contributed by atoms with Gasteiger partial charge in [0.05, 0.1) is 0 Å². The lowest BCUT2D eigenvalue weighted by Gasteiger charge is -2.19. The van der Waals surface area contributed by atoms with Crippen LogP contribution in [0, 0.1) is 5.92 Å². The van der Waals surface area contributed by atoms with Crippen molar-refractivity contribution in [2.75, 3.05) is 17.2 Å². The SMILES string of the molecule is O=C(COC(c1ccccc1)c1ccccc1)Nc1cccc(NC(=O)C2CC2)c1. The minimum atomic E-state index is -0.331. The van der Waals surface area contributed by atoms with Crippen molar-refractivity contribution in [2.24, 2.45) is 5.92 Å². The number of ether oxygens (including phenoxy) is 1. The summed E-state index contributed by atoms with van der Waals surface area (Å²) in [7, 11) is 0. The van der Waals surface area contributed by atoms with Crippen molar-refractivity contribution in [3.8, 4) is 0 Å². The number of nitrogens with one attached hydrogen (secondary N) is 2. The van der Waals surface area contributed by atoms with E-state index in [1.54, 1.807) is 18.2 Å². The molecular formula is C25H24N2O3. The predicted molar refractivity (Wildman–Crippen MR) is 117 cm³/mol. The van der Waals surface area contributed by atoms with E-state index in [4.69, 9.17) is 4.74 Å². The van der Waals surface area contributed by atoms with Crippen molar-refractivity contribution in [3.63, 3.8) is 0 Å². The van der Waals surface area contributed by atoms with E-state index in [1.807, 2.05) is 66.7 Å². The van der Waals surface area contributed by atoms with Gasteiger partial charge in [0.1, 0.15) is 12.7 Å². The van der Waals surface area contributed by atoms with E-state index in [2.05, 4.69) is 10.6 Å². The molecule has 0 spiro atoms. The number of rotatable bonds is 8. The van der Waals surface area contributed by atoms with Crippen LogP contribution in [0.2, 0.25) is 0 Å². The summed E-state index contributed by atoms with van der Waals surface area (Å²) < 4.78 is 6.00. The summed E-state index contributed by atoms with van der Waals surface area (Å²) in [6.07, 6.45) is 1.56. The third-order valence-corrected chi connectivity index (χ3v) is 4.95. The molecule has 0 saturated heterocycles. The molecule has 0 heterocycles. The van der Waals surface area contributed by atoms with E-state index in [1.165, 1.54) is 0 Å². The van der Waals surface area contributed by atoms with Crippen molar-refractivity contribution in [1.29, 1.82) is 0 Å². The van der Waals surface area contributed by atoms with Crippen LogP contribution >= 0.6 is 0 Å². The highest BCUT2D eigenvalue weighted by atomic mass is 16.5. The molecule has 152 valence electrons. The first kappa shape index (κ1) is 19.9. The van der Waals surface area contributed by atoms with E-state index >= 15 is 0 Å². The third kappa shape index (κ3) is 5.33. The van der Waals surface area contributed by atoms with Crippen molar-refractivity contribution >= 4 is 23.2 Å². The fourth-order valence-corrected chi connectivity index (χ4v) is 3.26. The van der Waals surface area contributed by atoms with Gasteiger partial charge in [0.2, 0.25) is 11.8 Å². The van der Waals surface area contributed by atoms with Gasteiger partial charge in [0.25, 0.3) is 0 Å². The quantitative estimate of drug-likeness (QED) is 0.572. The van der Waals surface area contributed by atoms with Crippen LogP contribution in [0.1, 0.15) is 30.1 Å². The summed E-state index contributed by atoms with van der Waals surface area (Å²) in [5.41, 5.74) is 3.27. The molecule has 1 saturated carbocycles. The molecule has 0 radical (unpaired) electrons. The first-order chi connectivity index (χ1) is 14.7. The molecule has 30 heavy (non-hydrogen) atoms. The zero-order valence-corrected chi connectivity index (χ0v) is 16.6. The molecule has 0 aliphatic heterocycles. The van der Waals surface area contributed by atoms with E-state index in [0.29, 0.717) is 11.4 Å². The summed E-state index contributed by atoms with van der Waals surface area (Å²) in [5.74, 6) is -0.0857. The first-order valence-corrected chi connectivity index (χ1v) is 10.1. The molecule has 0 unspecified atom stereocenters. The van der Waals surface area contributed by atoms with Gasteiger partial charge < -0.3 is 15.4 Å². The molecule has 2 amide bonds. The molecule has 5 heteroatoms. The number of anilines is 2. The summed E-state index contributed by atoms with van der Waals surface area (Å²) in [6.45, 7) is -0.0902. The molecule has 4 rings (SSSR count). The van der Waals surface area contributed by atoms with Crippen LogP contribution in [0.3, 0.4) is 0 Å². The van der Waals surface area contributed by atoms with E-state index < -0.39 is 0 Å². The Morgan fingerprint density at radius 1 is 0.800 bits per heavy atom. The number of benzene rings is 3. The number of amides is 2. The van der Waals surface area contributed by atoms with Gasteiger partial charge in [-0.25, -0.2) is 0 Å². The minimum Gasteiger partial charge on any atom is -0.359 e.